The molecule has 0 bridgehead atoms. The molecule has 118 valence electrons. The molecular weight excluding hydrogens is 270 g/mol. The van der Waals surface area contributed by atoms with Gasteiger partial charge in [-0.25, -0.2) is 0 Å². The van der Waals surface area contributed by atoms with E-state index in [2.05, 4.69) is 5.32 Å². The van der Waals surface area contributed by atoms with Gasteiger partial charge in [0.1, 0.15) is 5.75 Å². The van der Waals surface area contributed by atoms with Crippen molar-refractivity contribution >= 4 is 5.97 Å². The molecule has 0 fully saturated rings. The van der Waals surface area contributed by atoms with Crippen LogP contribution in [0.3, 0.4) is 0 Å². The Morgan fingerprint density at radius 1 is 1.38 bits per heavy atom. The molecule has 0 aliphatic rings. The number of likely N-dealkylation sites (N-methyl/N-ethyl adjacent to an activating group) is 1. The van der Waals surface area contributed by atoms with Crippen LogP contribution in [0.1, 0.15) is 37.5 Å². The molecular formula is C16H25NO4. The Hall–Kier alpha value is -1.59. The fourth-order valence-corrected chi connectivity index (χ4v) is 2.22. The Balaban J connectivity index is 3.03. The van der Waals surface area contributed by atoms with Crippen molar-refractivity contribution in [2.24, 2.45) is 0 Å². The molecule has 2 atom stereocenters. The first-order chi connectivity index (χ1) is 10.0. The van der Waals surface area contributed by atoms with Crippen molar-refractivity contribution in [3.05, 3.63) is 29.3 Å². The second-order valence-corrected chi connectivity index (χ2v) is 4.86. The minimum Gasteiger partial charge on any atom is -0.493 e. The average Bonchev–Trinajstić information content (AvgIpc) is 2.48. The van der Waals surface area contributed by atoms with Crippen molar-refractivity contribution in [1.82, 2.24) is 5.32 Å². The van der Waals surface area contributed by atoms with Crippen LogP contribution >= 0.6 is 0 Å². The molecule has 2 N–H and O–H groups in total. The molecule has 0 aromatic heterocycles. The van der Waals surface area contributed by atoms with Crippen molar-refractivity contribution in [3.8, 4) is 5.75 Å². The van der Waals surface area contributed by atoms with Crippen LogP contribution < -0.4 is 10.1 Å². The monoisotopic (exact) mass is 295 g/mol. The van der Waals surface area contributed by atoms with Crippen molar-refractivity contribution in [3.63, 3.8) is 0 Å². The van der Waals surface area contributed by atoms with E-state index in [-0.39, 0.29) is 12.4 Å². The Kier molecular flexibility index (Phi) is 7.19. The quantitative estimate of drug-likeness (QED) is 0.718. The summed E-state index contributed by atoms with van der Waals surface area (Å²) in [7, 11) is 1.34. The second kappa shape index (κ2) is 8.64. The molecule has 0 saturated carbocycles. The normalized spacial score (nSPS) is 13.6. The van der Waals surface area contributed by atoms with Gasteiger partial charge in [-0.05, 0) is 32.5 Å². The van der Waals surface area contributed by atoms with Crippen LogP contribution in [0.15, 0.2) is 18.2 Å². The molecule has 1 rings (SSSR count). The van der Waals surface area contributed by atoms with Gasteiger partial charge in [-0.3, -0.25) is 4.79 Å². The van der Waals surface area contributed by atoms with Crippen LogP contribution in [0.5, 0.6) is 5.75 Å². The first-order valence-corrected chi connectivity index (χ1v) is 7.25. The molecule has 5 nitrogen and oxygen atoms in total. The molecule has 0 amide bonds. The predicted octanol–water partition coefficient (Wildman–Crippen LogP) is 1.97. The number of methoxy groups -OCH3 is 1. The third-order valence-corrected chi connectivity index (χ3v) is 3.25. The number of esters is 1. The lowest BCUT2D eigenvalue weighted by Gasteiger charge is -2.25. The summed E-state index contributed by atoms with van der Waals surface area (Å²) in [5.74, 6) is 0.286. The minimum atomic E-state index is -0.842. The second-order valence-electron chi connectivity index (χ2n) is 4.86. The number of hydrogen-bond acceptors (Lipinski definition) is 5. The summed E-state index contributed by atoms with van der Waals surface area (Å²) in [5.41, 5.74) is 1.72. The highest BCUT2D eigenvalue weighted by molar-refractivity contribution is 5.70. The van der Waals surface area contributed by atoms with Gasteiger partial charge in [-0.15, -0.1) is 0 Å². The number of benzene rings is 1. The lowest BCUT2D eigenvalue weighted by molar-refractivity contribution is -0.142. The number of aliphatic hydroxyl groups excluding tert-OH is 1. The maximum atomic E-state index is 11.5. The molecule has 0 heterocycles. The molecule has 5 heteroatoms. The van der Waals surface area contributed by atoms with Crippen LogP contribution in [0, 0.1) is 6.92 Å². The molecule has 0 radical (unpaired) electrons. The Bertz CT molecular complexity index is 462. The molecule has 2 unspecified atom stereocenters. The van der Waals surface area contributed by atoms with Gasteiger partial charge >= 0.3 is 5.97 Å². The molecule has 21 heavy (non-hydrogen) atoms. The van der Waals surface area contributed by atoms with Crippen molar-refractivity contribution < 1.29 is 19.4 Å². The molecule has 1 aromatic carbocycles. The van der Waals surface area contributed by atoms with Gasteiger partial charge in [0.25, 0.3) is 0 Å². The zero-order valence-electron chi connectivity index (χ0n) is 13.2. The van der Waals surface area contributed by atoms with E-state index in [1.165, 1.54) is 7.11 Å². The number of hydrogen-bond donors (Lipinski definition) is 2. The van der Waals surface area contributed by atoms with Crippen molar-refractivity contribution in [2.45, 2.75) is 39.3 Å². The number of nitrogens with one attached hydrogen (secondary N) is 1. The standard InChI is InChI=1S/C16H25NO4/c1-5-17-13(10-15(18)20-4)16(19)12-9-11(3)7-8-14(12)21-6-2/h7-9,13,16-17,19H,5-6,10H2,1-4H3. The van der Waals surface area contributed by atoms with Crippen LogP contribution in [-0.4, -0.2) is 37.4 Å². The fraction of sp³-hybridized carbons (Fsp3) is 0.562. The molecule has 0 saturated heterocycles. The first kappa shape index (κ1) is 17.5. The third-order valence-electron chi connectivity index (χ3n) is 3.25. The SMILES string of the molecule is CCNC(CC(=O)OC)C(O)c1cc(C)ccc1OCC. The third kappa shape index (κ3) is 5.02. The van der Waals surface area contributed by atoms with Gasteiger partial charge in [-0.2, -0.15) is 0 Å². The fourth-order valence-electron chi connectivity index (χ4n) is 2.22. The maximum absolute atomic E-state index is 11.5. The zero-order chi connectivity index (χ0) is 15.8. The summed E-state index contributed by atoms with van der Waals surface area (Å²) in [6, 6.07) is 5.25. The average molecular weight is 295 g/mol. The van der Waals surface area contributed by atoms with Crippen molar-refractivity contribution in [1.29, 1.82) is 0 Å². The van der Waals surface area contributed by atoms with E-state index in [0.717, 1.165) is 5.56 Å². The van der Waals surface area contributed by atoms with E-state index in [9.17, 15) is 9.90 Å². The topological polar surface area (TPSA) is 67.8 Å². The number of ether oxygens (including phenoxy) is 2. The van der Waals surface area contributed by atoms with Gasteiger partial charge in [0.05, 0.1) is 26.2 Å². The number of carbonyl (C=O) groups excluding carboxylic acids is 1. The highest BCUT2D eigenvalue weighted by atomic mass is 16.5. The van der Waals surface area contributed by atoms with Crippen molar-refractivity contribution in [2.75, 3.05) is 20.3 Å². The molecule has 0 aliphatic heterocycles. The highest BCUT2D eigenvalue weighted by Crippen LogP contribution is 2.29. The van der Waals surface area contributed by atoms with Crippen LogP contribution in [-0.2, 0) is 9.53 Å². The van der Waals surface area contributed by atoms with E-state index >= 15 is 0 Å². The van der Waals surface area contributed by atoms with E-state index in [1.54, 1.807) is 0 Å². The van der Waals surface area contributed by atoms with E-state index < -0.39 is 12.1 Å². The van der Waals surface area contributed by atoms with Gasteiger partial charge in [0, 0.05) is 11.6 Å². The Labute approximate surface area is 126 Å². The minimum absolute atomic E-state index is 0.102. The number of aliphatic hydroxyl groups is 1. The first-order valence-electron chi connectivity index (χ1n) is 7.25. The lowest BCUT2D eigenvalue weighted by Crippen LogP contribution is -2.37. The summed E-state index contributed by atoms with van der Waals surface area (Å²) in [4.78, 5) is 11.5. The summed E-state index contributed by atoms with van der Waals surface area (Å²) < 4.78 is 10.3. The largest absolute Gasteiger partial charge is 0.493 e. The Morgan fingerprint density at radius 3 is 2.67 bits per heavy atom. The summed E-state index contributed by atoms with van der Waals surface area (Å²) in [6.07, 6.45) is -0.740. The smallest absolute Gasteiger partial charge is 0.307 e. The van der Waals surface area contributed by atoms with Gasteiger partial charge < -0.3 is 19.9 Å². The van der Waals surface area contributed by atoms with E-state index in [4.69, 9.17) is 9.47 Å². The Morgan fingerprint density at radius 2 is 2.10 bits per heavy atom. The van der Waals surface area contributed by atoms with Gasteiger partial charge in [0.15, 0.2) is 0 Å². The molecule has 1 aromatic rings. The highest BCUT2D eigenvalue weighted by Gasteiger charge is 2.26. The zero-order valence-corrected chi connectivity index (χ0v) is 13.2. The molecule has 0 aliphatic carbocycles. The van der Waals surface area contributed by atoms with Gasteiger partial charge in [-0.1, -0.05) is 18.6 Å². The van der Waals surface area contributed by atoms with Gasteiger partial charge in [0.2, 0.25) is 0 Å². The lowest BCUT2D eigenvalue weighted by atomic mass is 9.97. The number of aryl methyl sites for hydroxylation is 1. The summed E-state index contributed by atoms with van der Waals surface area (Å²) in [6.45, 7) is 6.94. The number of rotatable bonds is 8. The summed E-state index contributed by atoms with van der Waals surface area (Å²) in [5, 5.41) is 13.8. The summed E-state index contributed by atoms with van der Waals surface area (Å²) >= 11 is 0. The number of carbonyl (C=O) groups is 1. The predicted molar refractivity (Wildman–Crippen MR) is 81.4 cm³/mol. The molecule has 0 spiro atoms. The van der Waals surface area contributed by atoms with Crippen LogP contribution in [0.4, 0.5) is 0 Å². The van der Waals surface area contributed by atoms with Crippen LogP contribution in [0.25, 0.3) is 0 Å². The van der Waals surface area contributed by atoms with E-state index in [0.29, 0.717) is 24.5 Å². The van der Waals surface area contributed by atoms with Crippen LogP contribution in [0.2, 0.25) is 0 Å². The maximum Gasteiger partial charge on any atom is 0.307 e. The van der Waals surface area contributed by atoms with E-state index in [1.807, 2.05) is 39.0 Å².